The number of ether oxygens (including phenoxy) is 1. The highest BCUT2D eigenvalue weighted by atomic mass is 16.5. The van der Waals surface area contributed by atoms with E-state index in [-0.39, 0.29) is 11.8 Å². The summed E-state index contributed by atoms with van der Waals surface area (Å²) < 4.78 is 5.62. The fourth-order valence-corrected chi connectivity index (χ4v) is 3.80. The van der Waals surface area contributed by atoms with Gasteiger partial charge in [-0.25, -0.2) is 0 Å². The molecule has 5 heteroatoms. The molecule has 0 aliphatic rings. The molecule has 0 aliphatic carbocycles. The lowest BCUT2D eigenvalue weighted by molar-refractivity contribution is -0.122. The van der Waals surface area contributed by atoms with E-state index in [0.717, 1.165) is 51.4 Å². The molecule has 0 aromatic heterocycles. The van der Waals surface area contributed by atoms with Crippen molar-refractivity contribution in [2.45, 2.75) is 71.1 Å². The van der Waals surface area contributed by atoms with Gasteiger partial charge in [0.25, 0.3) is 0 Å². The van der Waals surface area contributed by atoms with Crippen molar-refractivity contribution in [2.24, 2.45) is 0 Å². The Bertz CT molecular complexity index is 831. The van der Waals surface area contributed by atoms with Crippen molar-refractivity contribution in [3.63, 3.8) is 0 Å². The lowest BCUT2D eigenvalue weighted by atomic mass is 10.0. The highest BCUT2D eigenvalue weighted by Gasteiger charge is 2.03. The topological polar surface area (TPSA) is 67.4 Å². The Kier molecular flexibility index (Phi) is 13.7. The van der Waals surface area contributed by atoms with Gasteiger partial charge < -0.3 is 15.4 Å². The zero-order valence-corrected chi connectivity index (χ0v) is 21.0. The van der Waals surface area contributed by atoms with Crippen molar-refractivity contribution in [3.8, 4) is 0 Å². The van der Waals surface area contributed by atoms with Crippen molar-refractivity contribution in [2.75, 3.05) is 26.8 Å². The molecule has 0 bridgehead atoms. The molecule has 186 valence electrons. The predicted molar refractivity (Wildman–Crippen MR) is 139 cm³/mol. The molecule has 34 heavy (non-hydrogen) atoms. The van der Waals surface area contributed by atoms with Gasteiger partial charge in [-0.15, -0.1) is 0 Å². The smallest absolute Gasteiger partial charge is 0.222 e. The van der Waals surface area contributed by atoms with E-state index in [1.807, 2.05) is 0 Å². The van der Waals surface area contributed by atoms with Crippen LogP contribution in [0, 0.1) is 6.92 Å². The second kappa shape index (κ2) is 16.9. The van der Waals surface area contributed by atoms with Crippen LogP contribution in [0.2, 0.25) is 0 Å². The van der Waals surface area contributed by atoms with E-state index < -0.39 is 0 Å². The molecule has 0 unspecified atom stereocenters. The Labute approximate surface area is 205 Å². The van der Waals surface area contributed by atoms with Gasteiger partial charge in [0.1, 0.15) is 0 Å². The van der Waals surface area contributed by atoms with E-state index >= 15 is 0 Å². The Hall–Kier alpha value is -2.66. The van der Waals surface area contributed by atoms with Crippen LogP contribution in [0.3, 0.4) is 0 Å². The van der Waals surface area contributed by atoms with Gasteiger partial charge in [-0.3, -0.25) is 9.59 Å². The molecule has 0 spiro atoms. The Morgan fingerprint density at radius 1 is 0.676 bits per heavy atom. The van der Waals surface area contributed by atoms with Crippen LogP contribution in [-0.4, -0.2) is 38.6 Å². The summed E-state index contributed by atoms with van der Waals surface area (Å²) in [6.07, 6.45) is 9.29. The first-order valence-electron chi connectivity index (χ1n) is 12.7. The third kappa shape index (κ3) is 12.5. The standard InChI is InChI=1S/C29H42N2O3/c1-24-11-13-26(14-12-24)9-7-22-34-23-20-29(33)31-21-19-27-17-15-25(16-18-27)8-5-3-4-6-10-28(32)30-2/h11-18H,3-10,19-23H2,1-2H3,(H,30,32)(H,31,33). The van der Waals surface area contributed by atoms with Crippen LogP contribution in [0.1, 0.15) is 67.2 Å². The van der Waals surface area contributed by atoms with Gasteiger partial charge >= 0.3 is 0 Å². The van der Waals surface area contributed by atoms with E-state index in [4.69, 9.17) is 4.74 Å². The molecule has 0 heterocycles. The number of aryl methyl sites for hydroxylation is 3. The van der Waals surface area contributed by atoms with E-state index in [9.17, 15) is 9.59 Å². The molecule has 0 atom stereocenters. The molecule has 0 fully saturated rings. The summed E-state index contributed by atoms with van der Waals surface area (Å²) in [5.41, 5.74) is 5.19. The summed E-state index contributed by atoms with van der Waals surface area (Å²) in [5.74, 6) is 0.177. The SMILES string of the molecule is CNC(=O)CCCCCCc1ccc(CCNC(=O)CCOCCCc2ccc(C)cc2)cc1. The Balaban J connectivity index is 1.46. The van der Waals surface area contributed by atoms with E-state index in [1.54, 1.807) is 7.05 Å². The number of hydrogen-bond acceptors (Lipinski definition) is 3. The zero-order valence-electron chi connectivity index (χ0n) is 21.0. The van der Waals surface area contributed by atoms with Gasteiger partial charge in [0.15, 0.2) is 0 Å². The van der Waals surface area contributed by atoms with Gasteiger partial charge in [0.05, 0.1) is 6.61 Å². The molecular formula is C29H42N2O3. The van der Waals surface area contributed by atoms with E-state index in [2.05, 4.69) is 66.1 Å². The van der Waals surface area contributed by atoms with Gasteiger partial charge in [0.2, 0.25) is 11.8 Å². The maximum Gasteiger partial charge on any atom is 0.222 e. The third-order valence-corrected chi connectivity index (χ3v) is 6.01. The van der Waals surface area contributed by atoms with Crippen LogP contribution in [0.5, 0.6) is 0 Å². The lowest BCUT2D eigenvalue weighted by Gasteiger charge is -2.08. The molecule has 2 aromatic rings. The van der Waals surface area contributed by atoms with E-state index in [1.165, 1.54) is 22.3 Å². The fraction of sp³-hybridized carbons (Fsp3) is 0.517. The molecule has 2 amide bonds. The maximum atomic E-state index is 12.0. The van der Waals surface area contributed by atoms with Crippen molar-refractivity contribution in [1.29, 1.82) is 0 Å². The van der Waals surface area contributed by atoms with Crippen molar-refractivity contribution < 1.29 is 14.3 Å². The quantitative estimate of drug-likeness (QED) is 0.325. The van der Waals surface area contributed by atoms with Gasteiger partial charge in [-0.1, -0.05) is 66.9 Å². The highest BCUT2D eigenvalue weighted by molar-refractivity contribution is 5.76. The minimum absolute atomic E-state index is 0.0478. The van der Waals surface area contributed by atoms with Crippen molar-refractivity contribution >= 4 is 11.8 Å². The number of carbonyl (C=O) groups is 2. The molecule has 0 saturated carbocycles. The summed E-state index contributed by atoms with van der Waals surface area (Å²) in [6, 6.07) is 17.3. The van der Waals surface area contributed by atoms with Gasteiger partial charge in [-0.05, 0) is 62.1 Å². The molecule has 0 radical (unpaired) electrons. The molecule has 0 saturated heterocycles. The first kappa shape index (κ1) is 27.6. The van der Waals surface area contributed by atoms with E-state index in [0.29, 0.717) is 32.6 Å². The molecule has 5 nitrogen and oxygen atoms in total. The second-order valence-corrected chi connectivity index (χ2v) is 8.96. The fourth-order valence-electron chi connectivity index (χ4n) is 3.80. The number of rotatable bonds is 17. The Morgan fingerprint density at radius 3 is 1.94 bits per heavy atom. The molecule has 0 aliphatic heterocycles. The van der Waals surface area contributed by atoms with Crippen LogP contribution in [-0.2, 0) is 33.6 Å². The average molecular weight is 467 g/mol. The van der Waals surface area contributed by atoms with Crippen LogP contribution in [0.4, 0.5) is 0 Å². The normalized spacial score (nSPS) is 10.8. The maximum absolute atomic E-state index is 12.0. The van der Waals surface area contributed by atoms with Gasteiger partial charge in [-0.2, -0.15) is 0 Å². The number of hydrogen-bond donors (Lipinski definition) is 2. The number of unbranched alkanes of at least 4 members (excludes halogenated alkanes) is 3. The predicted octanol–water partition coefficient (Wildman–Crippen LogP) is 4.93. The minimum Gasteiger partial charge on any atom is -0.381 e. The van der Waals surface area contributed by atoms with Crippen molar-refractivity contribution in [1.82, 2.24) is 10.6 Å². The minimum atomic E-state index is 0.0478. The summed E-state index contributed by atoms with van der Waals surface area (Å²) >= 11 is 0. The first-order chi connectivity index (χ1) is 16.6. The number of benzene rings is 2. The molecule has 2 aromatic carbocycles. The van der Waals surface area contributed by atoms with Gasteiger partial charge in [0, 0.05) is 33.0 Å². The van der Waals surface area contributed by atoms with Crippen LogP contribution in [0.15, 0.2) is 48.5 Å². The number of amides is 2. The second-order valence-electron chi connectivity index (χ2n) is 8.96. The van der Waals surface area contributed by atoms with Crippen molar-refractivity contribution in [3.05, 3.63) is 70.8 Å². The zero-order chi connectivity index (χ0) is 24.4. The monoisotopic (exact) mass is 466 g/mol. The summed E-state index contributed by atoms with van der Waals surface area (Å²) in [6.45, 7) is 3.90. The van der Waals surface area contributed by atoms with Crippen LogP contribution >= 0.6 is 0 Å². The first-order valence-corrected chi connectivity index (χ1v) is 12.7. The lowest BCUT2D eigenvalue weighted by Crippen LogP contribution is -2.26. The average Bonchev–Trinajstić information content (AvgIpc) is 2.85. The molecule has 2 N–H and O–H groups in total. The summed E-state index contributed by atoms with van der Waals surface area (Å²) in [5, 5.41) is 5.65. The Morgan fingerprint density at radius 2 is 1.26 bits per heavy atom. The molecular weight excluding hydrogens is 424 g/mol. The summed E-state index contributed by atoms with van der Waals surface area (Å²) in [4.78, 5) is 23.2. The molecule has 2 rings (SSSR count). The number of carbonyl (C=O) groups excluding carboxylic acids is 2. The van der Waals surface area contributed by atoms with Crippen LogP contribution in [0.25, 0.3) is 0 Å². The highest BCUT2D eigenvalue weighted by Crippen LogP contribution is 2.11. The third-order valence-electron chi connectivity index (χ3n) is 6.01. The number of nitrogens with one attached hydrogen (secondary N) is 2. The summed E-state index contributed by atoms with van der Waals surface area (Å²) in [7, 11) is 1.69. The van der Waals surface area contributed by atoms with Crippen LogP contribution < -0.4 is 10.6 Å². The largest absolute Gasteiger partial charge is 0.381 e.